The first-order chi connectivity index (χ1) is 9.54. The molecular weight excluding hydrogens is 350 g/mol. The molecule has 0 spiro atoms. The van der Waals surface area contributed by atoms with Crippen LogP contribution in [0.25, 0.3) is 22.4 Å². The van der Waals surface area contributed by atoms with Crippen LogP contribution in [-0.2, 0) is 0 Å². The Balaban J connectivity index is 2.21. The van der Waals surface area contributed by atoms with E-state index in [0.29, 0.717) is 16.8 Å². The standard InChI is InChI=1S/C13H7BrF2N2OS/c14-10-3-7(5-20-10)12-11(13(17)19-18-12)6-1-8(15)4-9(16)2-6/h1-5H,17H2. The topological polar surface area (TPSA) is 52.0 Å². The highest BCUT2D eigenvalue weighted by molar-refractivity contribution is 9.11. The molecule has 102 valence electrons. The van der Waals surface area contributed by atoms with Crippen molar-refractivity contribution in [3.8, 4) is 22.4 Å². The van der Waals surface area contributed by atoms with Crippen molar-refractivity contribution in [1.29, 1.82) is 0 Å². The van der Waals surface area contributed by atoms with E-state index in [4.69, 9.17) is 10.3 Å². The van der Waals surface area contributed by atoms with Crippen molar-refractivity contribution in [1.82, 2.24) is 5.16 Å². The Labute approximate surface area is 125 Å². The van der Waals surface area contributed by atoms with Gasteiger partial charge < -0.3 is 10.3 Å². The molecule has 7 heteroatoms. The number of benzene rings is 1. The minimum Gasteiger partial charge on any atom is -0.367 e. The van der Waals surface area contributed by atoms with Crippen LogP contribution in [0.1, 0.15) is 0 Å². The Bertz CT molecular complexity index is 764. The quantitative estimate of drug-likeness (QED) is 0.724. The van der Waals surface area contributed by atoms with Gasteiger partial charge in [-0.05, 0) is 39.7 Å². The van der Waals surface area contributed by atoms with E-state index in [0.717, 1.165) is 15.4 Å². The van der Waals surface area contributed by atoms with Gasteiger partial charge in [0.05, 0.1) is 9.35 Å². The third kappa shape index (κ3) is 2.34. The number of aromatic nitrogens is 1. The Kier molecular flexibility index (Phi) is 3.31. The minimum absolute atomic E-state index is 0.0207. The number of rotatable bonds is 2. The molecule has 1 aromatic carbocycles. The lowest BCUT2D eigenvalue weighted by molar-refractivity contribution is 0.439. The highest BCUT2D eigenvalue weighted by Crippen LogP contribution is 2.39. The Morgan fingerprint density at radius 1 is 1.10 bits per heavy atom. The number of nitrogens with zero attached hydrogens (tertiary/aromatic N) is 1. The van der Waals surface area contributed by atoms with Crippen LogP contribution in [-0.4, -0.2) is 5.16 Å². The molecule has 2 N–H and O–H groups in total. The van der Waals surface area contributed by atoms with Gasteiger partial charge in [0.25, 0.3) is 0 Å². The van der Waals surface area contributed by atoms with Gasteiger partial charge in [0.1, 0.15) is 17.3 Å². The van der Waals surface area contributed by atoms with Crippen molar-refractivity contribution in [2.75, 3.05) is 5.73 Å². The molecule has 0 fully saturated rings. The molecular formula is C13H7BrF2N2OS. The zero-order valence-corrected chi connectivity index (χ0v) is 12.3. The van der Waals surface area contributed by atoms with E-state index in [2.05, 4.69) is 21.1 Å². The summed E-state index contributed by atoms with van der Waals surface area (Å²) in [4.78, 5) is 0. The van der Waals surface area contributed by atoms with E-state index in [1.54, 1.807) is 0 Å². The molecule has 0 radical (unpaired) electrons. The number of nitrogen functional groups attached to an aromatic ring is 1. The Morgan fingerprint density at radius 3 is 2.40 bits per heavy atom. The van der Waals surface area contributed by atoms with Crippen LogP contribution in [0, 0.1) is 11.6 Å². The first kappa shape index (κ1) is 13.3. The fourth-order valence-corrected chi connectivity index (χ4v) is 3.05. The van der Waals surface area contributed by atoms with E-state index in [-0.39, 0.29) is 5.88 Å². The van der Waals surface area contributed by atoms with Gasteiger partial charge in [-0.3, -0.25) is 0 Å². The van der Waals surface area contributed by atoms with Gasteiger partial charge in [-0.15, -0.1) is 11.3 Å². The van der Waals surface area contributed by atoms with Gasteiger partial charge in [-0.25, -0.2) is 8.78 Å². The number of halogens is 3. The summed E-state index contributed by atoms with van der Waals surface area (Å²) in [7, 11) is 0. The summed E-state index contributed by atoms with van der Waals surface area (Å²) in [5.74, 6) is -1.34. The second kappa shape index (κ2) is 4.99. The lowest BCUT2D eigenvalue weighted by Gasteiger charge is -2.02. The van der Waals surface area contributed by atoms with E-state index in [1.165, 1.54) is 23.5 Å². The molecule has 0 unspecified atom stereocenters. The average Bonchev–Trinajstić information content (AvgIpc) is 2.94. The zero-order chi connectivity index (χ0) is 14.3. The monoisotopic (exact) mass is 356 g/mol. The molecule has 20 heavy (non-hydrogen) atoms. The summed E-state index contributed by atoms with van der Waals surface area (Å²) in [6, 6.07) is 5.02. The van der Waals surface area contributed by atoms with Gasteiger partial charge in [0.2, 0.25) is 5.88 Å². The molecule has 0 amide bonds. The third-order valence-corrected chi connectivity index (χ3v) is 4.22. The zero-order valence-electron chi connectivity index (χ0n) is 9.86. The van der Waals surface area contributed by atoms with Gasteiger partial charge in [-0.2, -0.15) is 0 Å². The highest BCUT2D eigenvalue weighted by atomic mass is 79.9. The van der Waals surface area contributed by atoms with Crippen LogP contribution >= 0.6 is 27.3 Å². The molecule has 3 nitrogen and oxygen atoms in total. The smallest absolute Gasteiger partial charge is 0.230 e. The number of anilines is 1. The second-order valence-corrected chi connectivity index (χ2v) is 6.36. The van der Waals surface area contributed by atoms with Crippen LogP contribution in [0.3, 0.4) is 0 Å². The molecule has 0 aliphatic rings. The molecule has 0 aliphatic carbocycles. The summed E-state index contributed by atoms with van der Waals surface area (Å²) in [5, 5.41) is 5.72. The van der Waals surface area contributed by atoms with Crippen molar-refractivity contribution >= 4 is 33.2 Å². The van der Waals surface area contributed by atoms with Gasteiger partial charge in [0, 0.05) is 17.0 Å². The third-order valence-electron chi connectivity index (χ3n) is 2.71. The summed E-state index contributed by atoms with van der Waals surface area (Å²) in [6.45, 7) is 0. The number of nitrogens with two attached hydrogens (primary N) is 1. The van der Waals surface area contributed by atoms with Crippen LogP contribution in [0.2, 0.25) is 0 Å². The van der Waals surface area contributed by atoms with Crippen LogP contribution in [0.4, 0.5) is 14.7 Å². The van der Waals surface area contributed by atoms with Crippen molar-refractivity contribution in [3.63, 3.8) is 0 Å². The van der Waals surface area contributed by atoms with Gasteiger partial charge >= 0.3 is 0 Å². The second-order valence-electron chi connectivity index (χ2n) is 4.07. The van der Waals surface area contributed by atoms with E-state index in [9.17, 15) is 8.78 Å². The predicted octanol–water partition coefficient (Wildman–Crippen LogP) is 4.69. The van der Waals surface area contributed by atoms with Crippen molar-refractivity contribution < 1.29 is 13.3 Å². The molecule has 3 rings (SSSR count). The molecule has 0 saturated heterocycles. The molecule has 3 aromatic rings. The van der Waals surface area contributed by atoms with Gasteiger partial charge in [0.15, 0.2) is 0 Å². The van der Waals surface area contributed by atoms with Crippen LogP contribution in [0.5, 0.6) is 0 Å². The minimum atomic E-state index is -0.682. The summed E-state index contributed by atoms with van der Waals surface area (Å²) >= 11 is 4.81. The first-order valence-electron chi connectivity index (χ1n) is 5.50. The Hall–Kier alpha value is -1.73. The average molecular weight is 357 g/mol. The molecule has 0 aliphatic heterocycles. The molecule has 0 saturated carbocycles. The lowest BCUT2D eigenvalue weighted by Crippen LogP contribution is -1.89. The van der Waals surface area contributed by atoms with E-state index < -0.39 is 11.6 Å². The van der Waals surface area contributed by atoms with E-state index in [1.807, 2.05) is 11.4 Å². The predicted molar refractivity (Wildman–Crippen MR) is 77.3 cm³/mol. The maximum absolute atomic E-state index is 13.4. The van der Waals surface area contributed by atoms with Crippen LogP contribution < -0.4 is 5.73 Å². The lowest BCUT2D eigenvalue weighted by atomic mass is 10.0. The normalized spacial score (nSPS) is 10.9. The van der Waals surface area contributed by atoms with E-state index >= 15 is 0 Å². The summed E-state index contributed by atoms with van der Waals surface area (Å²) in [6.07, 6.45) is 0. The molecule has 2 aromatic heterocycles. The number of hydrogen-bond acceptors (Lipinski definition) is 4. The maximum atomic E-state index is 13.4. The molecule has 0 atom stereocenters. The fourth-order valence-electron chi connectivity index (χ4n) is 1.91. The fraction of sp³-hybridized carbons (Fsp3) is 0. The van der Waals surface area contributed by atoms with Crippen molar-refractivity contribution in [3.05, 3.63) is 45.1 Å². The van der Waals surface area contributed by atoms with Crippen LogP contribution in [0.15, 0.2) is 38.0 Å². The maximum Gasteiger partial charge on any atom is 0.230 e. The van der Waals surface area contributed by atoms with Crippen molar-refractivity contribution in [2.24, 2.45) is 0 Å². The molecule has 0 bridgehead atoms. The number of thiophene rings is 1. The molecule has 2 heterocycles. The highest BCUT2D eigenvalue weighted by Gasteiger charge is 2.19. The SMILES string of the molecule is Nc1onc(-c2csc(Br)c2)c1-c1cc(F)cc(F)c1. The van der Waals surface area contributed by atoms with Gasteiger partial charge in [-0.1, -0.05) is 5.16 Å². The number of hydrogen-bond donors (Lipinski definition) is 1. The largest absolute Gasteiger partial charge is 0.367 e. The first-order valence-corrected chi connectivity index (χ1v) is 7.18. The summed E-state index contributed by atoms with van der Waals surface area (Å²) in [5.41, 5.74) is 7.63. The summed E-state index contributed by atoms with van der Waals surface area (Å²) < 4.78 is 32.6. The van der Waals surface area contributed by atoms with Crippen molar-refractivity contribution in [2.45, 2.75) is 0 Å². The Morgan fingerprint density at radius 2 is 1.80 bits per heavy atom.